The second-order valence-corrected chi connectivity index (χ2v) is 6.85. The average Bonchev–Trinajstić information content (AvgIpc) is 2.25. The molecule has 1 aromatic rings. The molecule has 0 spiro atoms. The van der Waals surface area contributed by atoms with Crippen molar-refractivity contribution in [2.45, 2.75) is 6.54 Å². The largest absolute Gasteiger partial charge is 0.297 e. The molecule has 0 aliphatic carbocycles. The van der Waals surface area contributed by atoms with Crippen LogP contribution in [0.1, 0.15) is 5.56 Å². The Balaban J connectivity index is 2.01. The Morgan fingerprint density at radius 2 is 2.06 bits per heavy atom. The smallest absolute Gasteiger partial charge is 0.0417 e. The lowest BCUT2D eigenvalue weighted by atomic mass is 10.2. The van der Waals surface area contributed by atoms with E-state index in [0.29, 0.717) is 0 Å². The summed E-state index contributed by atoms with van der Waals surface area (Å²) in [5, 5.41) is 0.746. The van der Waals surface area contributed by atoms with Crippen molar-refractivity contribution in [2.75, 3.05) is 24.6 Å². The number of nitrogens with zero attached hydrogens (tertiary/aromatic N) is 1. The minimum absolute atomic E-state index is 0.602. The molecule has 5 heteroatoms. The molecule has 1 heterocycles. The Hall–Kier alpha value is 0.1000. The predicted octanol–water partition coefficient (Wildman–Crippen LogP) is 2.67. The first kappa shape index (κ1) is 12.6. The van der Waals surface area contributed by atoms with Crippen LogP contribution in [0.25, 0.3) is 0 Å². The number of hydrogen-bond donors (Lipinski definition) is 0. The quantitative estimate of drug-likeness (QED) is 0.834. The topological polar surface area (TPSA) is 20.3 Å². The highest BCUT2D eigenvalue weighted by molar-refractivity contribution is 9.10. The van der Waals surface area contributed by atoms with Gasteiger partial charge < -0.3 is 0 Å². The summed E-state index contributed by atoms with van der Waals surface area (Å²) in [6, 6.07) is 5.86. The fourth-order valence-electron chi connectivity index (χ4n) is 1.72. The van der Waals surface area contributed by atoms with Crippen molar-refractivity contribution >= 4 is 38.3 Å². The summed E-state index contributed by atoms with van der Waals surface area (Å²) in [7, 11) is -0.602. The van der Waals surface area contributed by atoms with Crippen LogP contribution in [-0.4, -0.2) is 33.7 Å². The fourth-order valence-corrected chi connectivity index (χ4v) is 3.66. The molecular weight excluding hydrogens is 310 g/mol. The van der Waals surface area contributed by atoms with Crippen LogP contribution in [0.4, 0.5) is 0 Å². The summed E-state index contributed by atoms with van der Waals surface area (Å²) in [6.07, 6.45) is 0. The van der Waals surface area contributed by atoms with Crippen molar-refractivity contribution in [3.63, 3.8) is 0 Å². The van der Waals surface area contributed by atoms with Crippen LogP contribution in [0.2, 0.25) is 5.02 Å². The van der Waals surface area contributed by atoms with Crippen molar-refractivity contribution in [1.29, 1.82) is 0 Å². The van der Waals surface area contributed by atoms with Gasteiger partial charge in [0.05, 0.1) is 0 Å². The van der Waals surface area contributed by atoms with E-state index >= 15 is 0 Å². The Morgan fingerprint density at radius 3 is 2.69 bits per heavy atom. The van der Waals surface area contributed by atoms with Crippen molar-refractivity contribution in [1.82, 2.24) is 4.90 Å². The van der Waals surface area contributed by atoms with E-state index in [9.17, 15) is 4.21 Å². The van der Waals surface area contributed by atoms with Gasteiger partial charge in [-0.15, -0.1) is 0 Å². The molecule has 1 aliphatic heterocycles. The van der Waals surface area contributed by atoms with Gasteiger partial charge in [-0.2, -0.15) is 0 Å². The maximum Gasteiger partial charge on any atom is 0.0417 e. The van der Waals surface area contributed by atoms with E-state index < -0.39 is 10.8 Å². The van der Waals surface area contributed by atoms with E-state index in [0.717, 1.165) is 40.6 Å². The zero-order chi connectivity index (χ0) is 11.5. The molecule has 0 aromatic heterocycles. The van der Waals surface area contributed by atoms with Gasteiger partial charge in [-0.1, -0.05) is 33.6 Å². The highest BCUT2D eigenvalue weighted by Crippen LogP contribution is 2.23. The SMILES string of the molecule is O=S1CCN(Cc2ccc(Cl)cc2Br)CC1. The Labute approximate surface area is 112 Å². The van der Waals surface area contributed by atoms with Crippen molar-refractivity contribution in [3.05, 3.63) is 33.3 Å². The number of benzene rings is 1. The fraction of sp³-hybridized carbons (Fsp3) is 0.455. The summed E-state index contributed by atoms with van der Waals surface area (Å²) < 4.78 is 12.3. The summed E-state index contributed by atoms with van der Waals surface area (Å²) in [5.41, 5.74) is 1.23. The van der Waals surface area contributed by atoms with Crippen LogP contribution in [0.3, 0.4) is 0 Å². The summed E-state index contributed by atoms with van der Waals surface area (Å²) in [6.45, 7) is 2.73. The molecule has 2 rings (SSSR count). The van der Waals surface area contributed by atoms with Crippen molar-refractivity contribution in [2.24, 2.45) is 0 Å². The van der Waals surface area contributed by atoms with E-state index in [2.05, 4.69) is 20.8 Å². The maximum atomic E-state index is 11.2. The standard InChI is InChI=1S/C11H13BrClNOS/c12-11-7-10(13)2-1-9(11)8-14-3-5-16(15)6-4-14/h1-2,7H,3-6,8H2. The Morgan fingerprint density at radius 1 is 1.38 bits per heavy atom. The highest BCUT2D eigenvalue weighted by atomic mass is 79.9. The van der Waals surface area contributed by atoms with Gasteiger partial charge in [0.1, 0.15) is 0 Å². The van der Waals surface area contributed by atoms with Gasteiger partial charge in [-0.05, 0) is 17.7 Å². The summed E-state index contributed by atoms with van der Waals surface area (Å²) in [5.74, 6) is 1.59. The number of rotatable bonds is 2. The molecule has 0 bridgehead atoms. The average molecular weight is 323 g/mol. The van der Waals surface area contributed by atoms with Crippen LogP contribution >= 0.6 is 27.5 Å². The van der Waals surface area contributed by atoms with Gasteiger partial charge in [0, 0.05) is 51.4 Å². The molecular formula is C11H13BrClNOS. The predicted molar refractivity (Wildman–Crippen MR) is 72.3 cm³/mol. The van der Waals surface area contributed by atoms with Gasteiger partial charge >= 0.3 is 0 Å². The van der Waals surface area contributed by atoms with Crippen molar-refractivity contribution < 1.29 is 4.21 Å². The van der Waals surface area contributed by atoms with Crippen LogP contribution < -0.4 is 0 Å². The Kier molecular flexibility index (Phi) is 4.41. The van der Waals surface area contributed by atoms with Crippen LogP contribution in [0.5, 0.6) is 0 Å². The van der Waals surface area contributed by atoms with Gasteiger partial charge in [0.15, 0.2) is 0 Å². The minimum atomic E-state index is -0.602. The molecule has 88 valence electrons. The van der Waals surface area contributed by atoms with E-state index in [1.807, 2.05) is 18.2 Å². The van der Waals surface area contributed by atoms with Gasteiger partial charge in [0.25, 0.3) is 0 Å². The number of hydrogen-bond acceptors (Lipinski definition) is 2. The van der Waals surface area contributed by atoms with E-state index in [4.69, 9.17) is 11.6 Å². The molecule has 1 fully saturated rings. The monoisotopic (exact) mass is 321 g/mol. The molecule has 0 unspecified atom stereocenters. The zero-order valence-corrected chi connectivity index (χ0v) is 11.9. The highest BCUT2D eigenvalue weighted by Gasteiger charge is 2.15. The molecule has 16 heavy (non-hydrogen) atoms. The molecule has 1 saturated heterocycles. The van der Waals surface area contributed by atoms with Gasteiger partial charge in [0.2, 0.25) is 0 Å². The minimum Gasteiger partial charge on any atom is -0.297 e. The lowest BCUT2D eigenvalue weighted by Gasteiger charge is -2.26. The molecule has 0 saturated carbocycles. The number of halogens is 2. The van der Waals surface area contributed by atoms with Gasteiger partial charge in [-0.3, -0.25) is 9.11 Å². The summed E-state index contributed by atoms with van der Waals surface area (Å²) in [4.78, 5) is 2.33. The molecule has 0 amide bonds. The third-order valence-corrected chi connectivity index (χ3v) is 4.93. The molecule has 0 atom stereocenters. The van der Waals surface area contributed by atoms with E-state index in [-0.39, 0.29) is 0 Å². The van der Waals surface area contributed by atoms with Crippen LogP contribution in [0.15, 0.2) is 22.7 Å². The van der Waals surface area contributed by atoms with E-state index in [1.165, 1.54) is 5.56 Å². The first-order chi connectivity index (χ1) is 7.65. The van der Waals surface area contributed by atoms with Gasteiger partial charge in [-0.25, -0.2) is 0 Å². The molecule has 0 radical (unpaired) electrons. The molecule has 2 nitrogen and oxygen atoms in total. The first-order valence-electron chi connectivity index (χ1n) is 5.16. The van der Waals surface area contributed by atoms with Crippen LogP contribution in [0, 0.1) is 0 Å². The third kappa shape index (κ3) is 3.29. The third-order valence-electron chi connectivity index (χ3n) is 2.68. The molecule has 0 N–H and O–H groups in total. The molecule has 1 aromatic carbocycles. The summed E-state index contributed by atoms with van der Waals surface area (Å²) >= 11 is 9.41. The Bertz CT molecular complexity index is 403. The second-order valence-electron chi connectivity index (χ2n) is 3.86. The van der Waals surface area contributed by atoms with Crippen molar-refractivity contribution in [3.8, 4) is 0 Å². The normalized spacial score (nSPS) is 18.9. The van der Waals surface area contributed by atoms with Crippen LogP contribution in [-0.2, 0) is 17.3 Å². The second kappa shape index (κ2) is 5.63. The zero-order valence-electron chi connectivity index (χ0n) is 8.79. The lowest BCUT2D eigenvalue weighted by molar-refractivity contribution is 0.291. The van der Waals surface area contributed by atoms with E-state index in [1.54, 1.807) is 0 Å². The maximum absolute atomic E-state index is 11.2. The molecule has 1 aliphatic rings. The first-order valence-corrected chi connectivity index (χ1v) is 7.82. The lowest BCUT2D eigenvalue weighted by Crippen LogP contribution is -2.37.